The fourth-order valence-electron chi connectivity index (χ4n) is 1.30. The van der Waals surface area contributed by atoms with Gasteiger partial charge in [-0.1, -0.05) is 17.3 Å². The van der Waals surface area contributed by atoms with Gasteiger partial charge in [0, 0.05) is 5.56 Å². The van der Waals surface area contributed by atoms with E-state index in [0.29, 0.717) is 11.7 Å². The summed E-state index contributed by atoms with van der Waals surface area (Å²) < 4.78 is 10.1. The van der Waals surface area contributed by atoms with Crippen molar-refractivity contribution in [1.29, 1.82) is 0 Å². The minimum Gasteiger partial charge on any atom is -0.497 e. The average Bonchev–Trinajstić information content (AvgIpc) is 2.78. The first kappa shape index (κ1) is 10.6. The van der Waals surface area contributed by atoms with Crippen molar-refractivity contribution in [2.45, 2.75) is 13.0 Å². The molecule has 0 aliphatic heterocycles. The van der Waals surface area contributed by atoms with Gasteiger partial charge in [-0.25, -0.2) is 0 Å². The molecule has 0 fully saturated rings. The van der Waals surface area contributed by atoms with Gasteiger partial charge in [-0.05, 0) is 19.1 Å². The van der Waals surface area contributed by atoms with Crippen LogP contribution in [0.1, 0.15) is 18.9 Å². The van der Waals surface area contributed by atoms with Gasteiger partial charge in [-0.15, -0.1) is 0 Å². The lowest BCUT2D eigenvalue weighted by atomic mass is 10.2. The number of nitrogens with zero attached hydrogens (tertiary/aromatic N) is 2. The van der Waals surface area contributed by atoms with Crippen LogP contribution in [0, 0.1) is 0 Å². The molecule has 0 aliphatic carbocycles. The molecule has 5 nitrogen and oxygen atoms in total. The average molecular weight is 219 g/mol. The Balaban J connectivity index is 2.34. The first-order valence-corrected chi connectivity index (χ1v) is 4.94. The molecule has 0 radical (unpaired) electrons. The number of hydrogen-bond acceptors (Lipinski definition) is 5. The molecule has 16 heavy (non-hydrogen) atoms. The third-order valence-electron chi connectivity index (χ3n) is 2.16. The fraction of sp³-hybridized carbons (Fsp3) is 0.273. The largest absolute Gasteiger partial charge is 0.497 e. The smallest absolute Gasteiger partial charge is 0.243 e. The number of ether oxygens (including phenoxy) is 1. The minimum atomic E-state index is -0.258. The molecule has 1 unspecified atom stereocenters. The van der Waals surface area contributed by atoms with E-state index in [4.69, 9.17) is 15.0 Å². The predicted molar refractivity (Wildman–Crippen MR) is 58.9 cm³/mol. The topological polar surface area (TPSA) is 74.2 Å². The van der Waals surface area contributed by atoms with Crippen LogP contribution in [-0.2, 0) is 0 Å². The van der Waals surface area contributed by atoms with Gasteiger partial charge in [0.1, 0.15) is 5.75 Å². The molecule has 2 rings (SSSR count). The fourth-order valence-corrected chi connectivity index (χ4v) is 1.30. The highest BCUT2D eigenvalue weighted by Crippen LogP contribution is 2.22. The molecular formula is C11H13N3O2. The first-order chi connectivity index (χ1) is 7.70. The Morgan fingerprint density at radius 2 is 2.25 bits per heavy atom. The van der Waals surface area contributed by atoms with E-state index in [1.165, 1.54) is 0 Å². The Hall–Kier alpha value is -1.88. The molecule has 0 spiro atoms. The van der Waals surface area contributed by atoms with E-state index in [0.717, 1.165) is 11.3 Å². The maximum Gasteiger partial charge on any atom is 0.243 e. The van der Waals surface area contributed by atoms with Gasteiger partial charge in [0.2, 0.25) is 11.7 Å². The summed E-state index contributed by atoms with van der Waals surface area (Å²) in [5.41, 5.74) is 6.48. The van der Waals surface area contributed by atoms with Gasteiger partial charge in [0.05, 0.1) is 13.2 Å². The number of rotatable bonds is 3. The maximum atomic E-state index is 5.64. The second kappa shape index (κ2) is 4.32. The van der Waals surface area contributed by atoms with Crippen molar-refractivity contribution in [1.82, 2.24) is 10.1 Å². The van der Waals surface area contributed by atoms with Crippen molar-refractivity contribution >= 4 is 0 Å². The van der Waals surface area contributed by atoms with Gasteiger partial charge in [-0.3, -0.25) is 0 Å². The Labute approximate surface area is 93.2 Å². The molecule has 1 aromatic heterocycles. The van der Waals surface area contributed by atoms with Crippen molar-refractivity contribution in [3.05, 3.63) is 30.2 Å². The van der Waals surface area contributed by atoms with E-state index in [2.05, 4.69) is 10.1 Å². The molecule has 2 aromatic rings. The van der Waals surface area contributed by atoms with Crippen molar-refractivity contribution in [3.63, 3.8) is 0 Å². The van der Waals surface area contributed by atoms with Gasteiger partial charge >= 0.3 is 0 Å². The van der Waals surface area contributed by atoms with Crippen LogP contribution in [0.4, 0.5) is 0 Å². The van der Waals surface area contributed by atoms with E-state index >= 15 is 0 Å². The van der Waals surface area contributed by atoms with Crippen LogP contribution >= 0.6 is 0 Å². The Bertz CT molecular complexity index is 480. The molecule has 2 N–H and O–H groups in total. The van der Waals surface area contributed by atoms with Crippen LogP contribution in [0.2, 0.25) is 0 Å². The number of benzene rings is 1. The van der Waals surface area contributed by atoms with Crippen LogP contribution in [0.15, 0.2) is 28.8 Å². The number of methoxy groups -OCH3 is 1. The number of nitrogens with two attached hydrogens (primary N) is 1. The van der Waals surface area contributed by atoms with E-state index in [-0.39, 0.29) is 6.04 Å². The van der Waals surface area contributed by atoms with Crippen LogP contribution in [0.3, 0.4) is 0 Å². The highest BCUT2D eigenvalue weighted by atomic mass is 16.5. The summed E-state index contributed by atoms with van der Waals surface area (Å²) >= 11 is 0. The zero-order valence-corrected chi connectivity index (χ0v) is 9.18. The highest BCUT2D eigenvalue weighted by Gasteiger charge is 2.11. The summed E-state index contributed by atoms with van der Waals surface area (Å²) in [5, 5.41) is 3.86. The van der Waals surface area contributed by atoms with Gasteiger partial charge in [0.25, 0.3) is 0 Å². The van der Waals surface area contributed by atoms with Crippen molar-refractivity contribution in [2.24, 2.45) is 5.73 Å². The minimum absolute atomic E-state index is 0.258. The molecule has 0 saturated heterocycles. The number of hydrogen-bond donors (Lipinski definition) is 1. The van der Waals surface area contributed by atoms with Crippen molar-refractivity contribution < 1.29 is 9.26 Å². The Morgan fingerprint density at radius 3 is 2.88 bits per heavy atom. The zero-order chi connectivity index (χ0) is 11.5. The normalized spacial score (nSPS) is 12.4. The molecule has 0 aliphatic rings. The quantitative estimate of drug-likeness (QED) is 0.851. The summed E-state index contributed by atoms with van der Waals surface area (Å²) in [4.78, 5) is 4.20. The molecule has 0 bridgehead atoms. The van der Waals surface area contributed by atoms with Gasteiger partial charge in [-0.2, -0.15) is 4.98 Å². The third-order valence-corrected chi connectivity index (χ3v) is 2.16. The van der Waals surface area contributed by atoms with Crippen LogP contribution in [0.25, 0.3) is 11.4 Å². The lowest BCUT2D eigenvalue weighted by Crippen LogP contribution is -2.04. The first-order valence-electron chi connectivity index (χ1n) is 4.94. The molecule has 1 atom stereocenters. The summed E-state index contributed by atoms with van der Waals surface area (Å²) in [5.74, 6) is 1.70. The molecule has 1 aromatic carbocycles. The van der Waals surface area contributed by atoms with E-state index in [1.54, 1.807) is 14.0 Å². The van der Waals surface area contributed by atoms with Crippen LogP contribution < -0.4 is 10.5 Å². The number of aromatic nitrogens is 2. The predicted octanol–water partition coefficient (Wildman–Crippen LogP) is 1.76. The summed E-state index contributed by atoms with van der Waals surface area (Å²) in [7, 11) is 1.61. The molecule has 5 heteroatoms. The van der Waals surface area contributed by atoms with Crippen molar-refractivity contribution in [3.8, 4) is 17.1 Å². The van der Waals surface area contributed by atoms with Crippen LogP contribution in [-0.4, -0.2) is 17.3 Å². The van der Waals surface area contributed by atoms with E-state index in [9.17, 15) is 0 Å². The standard InChI is InChI=1S/C11H13N3O2/c1-7(12)11-13-10(14-16-11)8-4-3-5-9(6-8)15-2/h3-7H,12H2,1-2H3. The lowest BCUT2D eigenvalue weighted by Gasteiger charge is -1.99. The highest BCUT2D eigenvalue weighted by molar-refractivity contribution is 5.56. The SMILES string of the molecule is COc1cccc(-c2noc(C(C)N)n2)c1. The maximum absolute atomic E-state index is 5.64. The Kier molecular flexibility index (Phi) is 2.87. The Morgan fingerprint density at radius 1 is 1.44 bits per heavy atom. The van der Waals surface area contributed by atoms with E-state index < -0.39 is 0 Å². The van der Waals surface area contributed by atoms with Gasteiger partial charge in [0.15, 0.2) is 0 Å². The molecular weight excluding hydrogens is 206 g/mol. The van der Waals surface area contributed by atoms with Crippen LogP contribution in [0.5, 0.6) is 5.75 Å². The molecule has 1 heterocycles. The van der Waals surface area contributed by atoms with Crippen molar-refractivity contribution in [2.75, 3.05) is 7.11 Å². The molecule has 84 valence electrons. The third kappa shape index (κ3) is 2.04. The zero-order valence-electron chi connectivity index (χ0n) is 9.18. The molecule has 0 amide bonds. The second-order valence-corrected chi connectivity index (χ2v) is 3.48. The van der Waals surface area contributed by atoms with Gasteiger partial charge < -0.3 is 15.0 Å². The van der Waals surface area contributed by atoms with E-state index in [1.807, 2.05) is 24.3 Å². The summed E-state index contributed by atoms with van der Waals surface area (Å²) in [6.45, 7) is 1.79. The second-order valence-electron chi connectivity index (χ2n) is 3.48. The summed E-state index contributed by atoms with van der Waals surface area (Å²) in [6.07, 6.45) is 0. The lowest BCUT2D eigenvalue weighted by molar-refractivity contribution is 0.362. The monoisotopic (exact) mass is 219 g/mol. The molecule has 0 saturated carbocycles. The summed E-state index contributed by atoms with van der Waals surface area (Å²) in [6, 6.07) is 7.20.